The number of nitrogens with zero attached hydrogens (tertiary/aromatic N) is 2. The summed E-state index contributed by atoms with van der Waals surface area (Å²) in [5.41, 5.74) is 1.51. The molecule has 25 heavy (non-hydrogen) atoms. The largest absolute Gasteiger partial charge is 0.495 e. The van der Waals surface area contributed by atoms with Gasteiger partial charge < -0.3 is 14.6 Å². The highest BCUT2D eigenvalue weighted by atomic mass is 35.5. The van der Waals surface area contributed by atoms with E-state index in [0.29, 0.717) is 41.9 Å². The molecule has 1 amide bonds. The third-order valence-corrected chi connectivity index (χ3v) is 3.99. The average molecular weight is 366 g/mol. The zero-order chi connectivity index (χ0) is 18.4. The number of halogens is 1. The normalized spacial score (nSPS) is 11.2. The van der Waals surface area contributed by atoms with Crippen molar-refractivity contribution in [1.29, 1.82) is 0 Å². The van der Waals surface area contributed by atoms with E-state index in [1.807, 2.05) is 18.0 Å². The van der Waals surface area contributed by atoms with Crippen molar-refractivity contribution in [3.8, 4) is 5.75 Å². The van der Waals surface area contributed by atoms with Gasteiger partial charge in [-0.05, 0) is 31.2 Å². The second kappa shape index (κ2) is 8.87. The Morgan fingerprint density at radius 3 is 2.80 bits per heavy atom. The molecule has 2 rings (SSSR count). The van der Waals surface area contributed by atoms with Crippen LogP contribution in [0.15, 0.2) is 28.8 Å². The third-order valence-electron chi connectivity index (χ3n) is 3.75. The van der Waals surface area contributed by atoms with Crippen molar-refractivity contribution in [3.05, 3.63) is 40.7 Å². The number of rotatable bonds is 8. The second-order valence-corrected chi connectivity index (χ2v) is 6.69. The van der Waals surface area contributed by atoms with Crippen LogP contribution in [0.25, 0.3) is 0 Å². The Balaban J connectivity index is 1.83. The maximum Gasteiger partial charge on any atom is 0.225 e. The molecule has 1 N–H and O–H groups in total. The van der Waals surface area contributed by atoms with Crippen molar-refractivity contribution in [2.45, 2.75) is 32.7 Å². The molecule has 6 nitrogen and oxygen atoms in total. The van der Waals surface area contributed by atoms with Crippen LogP contribution < -0.4 is 10.1 Å². The fourth-order valence-electron chi connectivity index (χ4n) is 2.30. The van der Waals surface area contributed by atoms with Crippen LogP contribution >= 0.6 is 11.6 Å². The lowest BCUT2D eigenvalue weighted by Crippen LogP contribution is -2.24. The summed E-state index contributed by atoms with van der Waals surface area (Å²) in [5.74, 6) is 1.60. The fraction of sp³-hybridized carbons (Fsp3) is 0.444. The van der Waals surface area contributed by atoms with Gasteiger partial charge in [-0.1, -0.05) is 30.6 Å². The number of aromatic nitrogens is 1. The molecule has 0 aliphatic rings. The summed E-state index contributed by atoms with van der Waals surface area (Å²) < 4.78 is 10.5. The molecule has 0 saturated heterocycles. The number of nitrogens with one attached hydrogen (secondary N) is 1. The molecule has 0 bridgehead atoms. The molecular formula is C18H24ClN3O3. The monoisotopic (exact) mass is 365 g/mol. The molecular weight excluding hydrogens is 342 g/mol. The summed E-state index contributed by atoms with van der Waals surface area (Å²) in [5, 5.41) is 7.41. The lowest BCUT2D eigenvalue weighted by molar-refractivity contribution is -0.116. The summed E-state index contributed by atoms with van der Waals surface area (Å²) in [6, 6.07) is 7.06. The van der Waals surface area contributed by atoms with Gasteiger partial charge in [0.25, 0.3) is 0 Å². The number of ether oxygens (including phenoxy) is 1. The predicted molar refractivity (Wildman–Crippen MR) is 98.2 cm³/mol. The number of benzene rings is 1. The van der Waals surface area contributed by atoms with Crippen molar-refractivity contribution < 1.29 is 14.1 Å². The molecule has 136 valence electrons. The van der Waals surface area contributed by atoms with E-state index in [2.05, 4.69) is 24.3 Å². The minimum atomic E-state index is -0.104. The van der Waals surface area contributed by atoms with Crippen LogP contribution in [0.5, 0.6) is 5.75 Å². The van der Waals surface area contributed by atoms with Gasteiger partial charge in [0.1, 0.15) is 5.75 Å². The first-order chi connectivity index (χ1) is 11.9. The summed E-state index contributed by atoms with van der Waals surface area (Å²) in [7, 11) is 3.49. The van der Waals surface area contributed by atoms with Gasteiger partial charge in [-0.25, -0.2) is 0 Å². The van der Waals surface area contributed by atoms with Crippen LogP contribution in [0.4, 0.5) is 5.69 Å². The Morgan fingerprint density at radius 2 is 2.16 bits per heavy atom. The number of carbonyl (C=O) groups is 1. The molecule has 0 fully saturated rings. The van der Waals surface area contributed by atoms with Crippen LogP contribution in [0.2, 0.25) is 5.02 Å². The van der Waals surface area contributed by atoms with Crippen molar-refractivity contribution >= 4 is 23.2 Å². The average Bonchev–Trinajstić information content (AvgIpc) is 3.02. The molecule has 0 aliphatic heterocycles. The highest BCUT2D eigenvalue weighted by molar-refractivity contribution is 6.31. The van der Waals surface area contributed by atoms with Crippen molar-refractivity contribution in [2.75, 3.05) is 26.0 Å². The van der Waals surface area contributed by atoms with E-state index >= 15 is 0 Å². The summed E-state index contributed by atoms with van der Waals surface area (Å²) >= 11 is 5.97. The topological polar surface area (TPSA) is 67.6 Å². The summed E-state index contributed by atoms with van der Waals surface area (Å²) in [6.07, 6.45) is 0.345. The predicted octanol–water partition coefficient (Wildman–Crippen LogP) is 3.92. The van der Waals surface area contributed by atoms with Gasteiger partial charge in [-0.15, -0.1) is 0 Å². The first kappa shape index (κ1) is 19.3. The molecule has 1 aromatic heterocycles. The summed E-state index contributed by atoms with van der Waals surface area (Å²) in [6.45, 7) is 5.33. The number of anilines is 1. The maximum absolute atomic E-state index is 12.2. The van der Waals surface area contributed by atoms with E-state index in [9.17, 15) is 4.79 Å². The van der Waals surface area contributed by atoms with Crippen molar-refractivity contribution in [2.24, 2.45) is 0 Å². The van der Waals surface area contributed by atoms with Crippen LogP contribution in [-0.4, -0.2) is 36.7 Å². The van der Waals surface area contributed by atoms with E-state index < -0.39 is 0 Å². The van der Waals surface area contributed by atoms with Gasteiger partial charge in [0.2, 0.25) is 5.91 Å². The van der Waals surface area contributed by atoms with E-state index in [1.165, 1.54) is 0 Å². The molecule has 1 aromatic carbocycles. The Kier molecular flexibility index (Phi) is 6.84. The maximum atomic E-state index is 12.2. The number of carbonyl (C=O) groups excluding carboxylic acids is 1. The van der Waals surface area contributed by atoms with E-state index in [4.69, 9.17) is 20.9 Å². The highest BCUT2D eigenvalue weighted by Crippen LogP contribution is 2.27. The van der Waals surface area contributed by atoms with Crippen LogP contribution in [0.3, 0.4) is 0 Å². The summed E-state index contributed by atoms with van der Waals surface area (Å²) in [4.78, 5) is 14.2. The number of hydrogen-bond acceptors (Lipinski definition) is 5. The van der Waals surface area contributed by atoms with Gasteiger partial charge >= 0.3 is 0 Å². The lowest BCUT2D eigenvalue weighted by Gasteiger charge is -2.15. The molecule has 0 saturated carbocycles. The Morgan fingerprint density at radius 1 is 1.40 bits per heavy atom. The van der Waals surface area contributed by atoms with Crippen LogP contribution in [0, 0.1) is 0 Å². The fourth-order valence-corrected chi connectivity index (χ4v) is 2.48. The Hall–Kier alpha value is -2.05. The van der Waals surface area contributed by atoms with Gasteiger partial charge in [-0.3, -0.25) is 9.69 Å². The molecule has 0 aliphatic carbocycles. The molecule has 1 heterocycles. The van der Waals surface area contributed by atoms with Gasteiger partial charge in [0, 0.05) is 24.1 Å². The molecule has 7 heteroatoms. The number of methoxy groups -OCH3 is 1. The van der Waals surface area contributed by atoms with E-state index in [1.54, 1.807) is 25.3 Å². The van der Waals surface area contributed by atoms with Gasteiger partial charge in [0.15, 0.2) is 5.76 Å². The number of amides is 1. The molecule has 0 unspecified atom stereocenters. The Labute approximate surface area is 153 Å². The molecule has 2 aromatic rings. The third kappa shape index (κ3) is 5.76. The molecule has 0 spiro atoms. The standard InChI is InChI=1S/C18H24ClN3O3/c1-12(2)15-10-14(25-21-15)11-22(3)8-7-18(23)20-16-9-13(19)5-6-17(16)24-4/h5-6,9-10,12H,7-8,11H2,1-4H3,(H,20,23). The smallest absolute Gasteiger partial charge is 0.225 e. The first-order valence-electron chi connectivity index (χ1n) is 8.16. The highest BCUT2D eigenvalue weighted by Gasteiger charge is 2.12. The van der Waals surface area contributed by atoms with Gasteiger partial charge in [-0.2, -0.15) is 0 Å². The zero-order valence-corrected chi connectivity index (χ0v) is 15.8. The van der Waals surface area contributed by atoms with E-state index in [-0.39, 0.29) is 5.91 Å². The molecule has 0 radical (unpaired) electrons. The minimum Gasteiger partial charge on any atom is -0.495 e. The molecule has 0 atom stereocenters. The second-order valence-electron chi connectivity index (χ2n) is 6.25. The lowest BCUT2D eigenvalue weighted by atomic mass is 10.1. The zero-order valence-electron chi connectivity index (χ0n) is 15.0. The number of hydrogen-bond donors (Lipinski definition) is 1. The van der Waals surface area contributed by atoms with Crippen molar-refractivity contribution in [1.82, 2.24) is 10.1 Å². The van der Waals surface area contributed by atoms with Crippen LogP contribution in [-0.2, 0) is 11.3 Å². The first-order valence-corrected chi connectivity index (χ1v) is 8.54. The minimum absolute atomic E-state index is 0.104. The van der Waals surface area contributed by atoms with Crippen molar-refractivity contribution in [3.63, 3.8) is 0 Å². The van der Waals surface area contributed by atoms with Crippen LogP contribution in [0.1, 0.15) is 37.6 Å². The van der Waals surface area contributed by atoms with Gasteiger partial charge in [0.05, 0.1) is 25.0 Å². The quantitative estimate of drug-likeness (QED) is 0.767. The Bertz CT molecular complexity index is 715. The SMILES string of the molecule is COc1ccc(Cl)cc1NC(=O)CCN(C)Cc1cc(C(C)C)no1. The van der Waals surface area contributed by atoms with E-state index in [0.717, 1.165) is 11.5 Å².